The van der Waals surface area contributed by atoms with Gasteiger partial charge in [-0.3, -0.25) is 14.9 Å². The van der Waals surface area contributed by atoms with Crippen LogP contribution in [0.4, 0.5) is 5.13 Å². The van der Waals surface area contributed by atoms with Crippen molar-refractivity contribution in [2.75, 3.05) is 11.9 Å². The number of amides is 1. The molecule has 6 nitrogen and oxygen atoms in total. The zero-order valence-corrected chi connectivity index (χ0v) is 13.5. The molecule has 0 saturated carbocycles. The second-order valence-corrected chi connectivity index (χ2v) is 5.83. The fourth-order valence-electron chi connectivity index (χ4n) is 1.52. The van der Waals surface area contributed by atoms with Crippen LogP contribution < -0.4 is 5.32 Å². The minimum Gasteiger partial charge on any atom is -0.466 e. The van der Waals surface area contributed by atoms with Gasteiger partial charge >= 0.3 is 5.97 Å². The monoisotopic (exact) mass is 369 g/mol. The average molecular weight is 370 g/mol. The normalized spacial score (nSPS) is 10.2. The van der Waals surface area contributed by atoms with Crippen LogP contribution in [0.25, 0.3) is 0 Å². The summed E-state index contributed by atoms with van der Waals surface area (Å²) in [5.41, 5.74) is 0.500. The Morgan fingerprint density at radius 1 is 1.33 bits per heavy atom. The Labute approximate surface area is 133 Å². The maximum atomic E-state index is 12.1. The van der Waals surface area contributed by atoms with Crippen molar-refractivity contribution < 1.29 is 14.3 Å². The first-order valence-corrected chi connectivity index (χ1v) is 7.75. The molecular formula is C13H12BrN3O3S. The molecular weight excluding hydrogens is 358 g/mol. The number of esters is 1. The number of nitrogens with one attached hydrogen (secondary N) is 1. The van der Waals surface area contributed by atoms with E-state index in [9.17, 15) is 9.59 Å². The zero-order chi connectivity index (χ0) is 15.2. The van der Waals surface area contributed by atoms with Crippen LogP contribution in [0.1, 0.15) is 22.3 Å². The summed E-state index contributed by atoms with van der Waals surface area (Å²) < 4.78 is 5.52. The van der Waals surface area contributed by atoms with Crippen LogP contribution in [-0.2, 0) is 16.0 Å². The average Bonchev–Trinajstić information content (AvgIpc) is 2.86. The molecule has 2 rings (SSSR count). The van der Waals surface area contributed by atoms with Gasteiger partial charge in [-0.25, -0.2) is 0 Å². The molecule has 1 heterocycles. The summed E-state index contributed by atoms with van der Waals surface area (Å²) in [7, 11) is 0. The van der Waals surface area contributed by atoms with Gasteiger partial charge in [0.05, 0.1) is 18.6 Å². The highest BCUT2D eigenvalue weighted by Gasteiger charge is 2.14. The number of ether oxygens (including phenoxy) is 1. The first-order chi connectivity index (χ1) is 10.1. The molecule has 1 amide bonds. The van der Waals surface area contributed by atoms with Crippen molar-refractivity contribution in [3.63, 3.8) is 0 Å². The minimum absolute atomic E-state index is 0.0520. The van der Waals surface area contributed by atoms with Gasteiger partial charge in [0.1, 0.15) is 5.01 Å². The molecule has 1 aromatic heterocycles. The van der Waals surface area contributed by atoms with Crippen LogP contribution in [0.3, 0.4) is 0 Å². The maximum Gasteiger partial charge on any atom is 0.312 e. The molecule has 1 aromatic carbocycles. The number of hydrogen-bond acceptors (Lipinski definition) is 6. The van der Waals surface area contributed by atoms with Crippen molar-refractivity contribution >= 4 is 44.3 Å². The smallest absolute Gasteiger partial charge is 0.312 e. The number of nitrogens with zero attached hydrogens (tertiary/aromatic N) is 2. The molecule has 8 heteroatoms. The van der Waals surface area contributed by atoms with Crippen molar-refractivity contribution in [3.8, 4) is 0 Å². The lowest BCUT2D eigenvalue weighted by atomic mass is 10.2. The van der Waals surface area contributed by atoms with Crippen LogP contribution in [0.15, 0.2) is 28.7 Å². The van der Waals surface area contributed by atoms with E-state index in [1.807, 2.05) is 6.07 Å². The van der Waals surface area contributed by atoms with Crippen molar-refractivity contribution in [2.24, 2.45) is 0 Å². The van der Waals surface area contributed by atoms with Crippen molar-refractivity contribution in [3.05, 3.63) is 39.3 Å². The molecule has 0 aliphatic rings. The Bertz CT molecular complexity index is 660. The van der Waals surface area contributed by atoms with E-state index in [4.69, 9.17) is 4.74 Å². The van der Waals surface area contributed by atoms with Crippen LogP contribution in [0.5, 0.6) is 0 Å². The molecule has 0 aliphatic carbocycles. The summed E-state index contributed by atoms with van der Waals surface area (Å²) in [5, 5.41) is 11.2. The van der Waals surface area contributed by atoms with Gasteiger partial charge in [-0.15, -0.1) is 10.2 Å². The molecule has 0 bridgehead atoms. The van der Waals surface area contributed by atoms with E-state index in [1.54, 1.807) is 25.1 Å². The van der Waals surface area contributed by atoms with E-state index in [2.05, 4.69) is 31.4 Å². The molecule has 0 saturated heterocycles. The number of benzene rings is 1. The topological polar surface area (TPSA) is 81.2 Å². The number of hydrogen-bond donors (Lipinski definition) is 1. The van der Waals surface area contributed by atoms with Crippen LogP contribution >= 0.6 is 27.3 Å². The van der Waals surface area contributed by atoms with Gasteiger partial charge in [0, 0.05) is 4.47 Å². The summed E-state index contributed by atoms with van der Waals surface area (Å²) >= 11 is 4.46. The van der Waals surface area contributed by atoms with E-state index >= 15 is 0 Å². The zero-order valence-electron chi connectivity index (χ0n) is 11.1. The Hall–Kier alpha value is -1.80. The van der Waals surface area contributed by atoms with Crippen LogP contribution in [-0.4, -0.2) is 28.7 Å². The van der Waals surface area contributed by atoms with Gasteiger partial charge in [0.25, 0.3) is 5.91 Å². The van der Waals surface area contributed by atoms with Gasteiger partial charge in [-0.05, 0) is 35.0 Å². The van der Waals surface area contributed by atoms with E-state index in [1.165, 1.54) is 0 Å². The lowest BCUT2D eigenvalue weighted by Gasteiger charge is -2.02. The Balaban J connectivity index is 2.01. The summed E-state index contributed by atoms with van der Waals surface area (Å²) in [6.07, 6.45) is 0.0520. The summed E-state index contributed by atoms with van der Waals surface area (Å²) in [5.74, 6) is -0.654. The lowest BCUT2D eigenvalue weighted by molar-refractivity contribution is -0.142. The Kier molecular flexibility index (Phi) is 5.40. The fraction of sp³-hybridized carbons (Fsp3) is 0.231. The molecule has 0 radical (unpaired) electrons. The maximum absolute atomic E-state index is 12.1. The number of aromatic nitrogens is 2. The second kappa shape index (κ2) is 7.28. The highest BCUT2D eigenvalue weighted by molar-refractivity contribution is 9.10. The number of carbonyl (C=O) groups excluding carboxylic acids is 2. The van der Waals surface area contributed by atoms with Crippen molar-refractivity contribution in [1.29, 1.82) is 0 Å². The van der Waals surface area contributed by atoms with Gasteiger partial charge < -0.3 is 4.74 Å². The van der Waals surface area contributed by atoms with E-state index in [0.717, 1.165) is 11.3 Å². The van der Waals surface area contributed by atoms with E-state index in [-0.39, 0.29) is 18.3 Å². The lowest BCUT2D eigenvalue weighted by Crippen LogP contribution is -2.12. The van der Waals surface area contributed by atoms with E-state index in [0.29, 0.717) is 26.8 Å². The highest BCUT2D eigenvalue weighted by Crippen LogP contribution is 2.20. The molecule has 110 valence electrons. The quantitative estimate of drug-likeness (QED) is 0.819. The standard InChI is InChI=1S/C13H12BrN3O3S/c1-2-20-11(18)7-10-16-17-13(21-10)15-12(19)8-5-3-4-6-9(8)14/h3-6H,2,7H2,1H3,(H,15,17,19). The molecule has 21 heavy (non-hydrogen) atoms. The molecule has 2 aromatic rings. The minimum atomic E-state index is -0.364. The number of halogens is 1. The van der Waals surface area contributed by atoms with Gasteiger partial charge in [0.15, 0.2) is 0 Å². The largest absolute Gasteiger partial charge is 0.466 e. The Morgan fingerprint density at radius 3 is 2.81 bits per heavy atom. The number of rotatable bonds is 5. The highest BCUT2D eigenvalue weighted by atomic mass is 79.9. The predicted molar refractivity (Wildman–Crippen MR) is 82.3 cm³/mol. The van der Waals surface area contributed by atoms with Gasteiger partial charge in [0.2, 0.25) is 5.13 Å². The van der Waals surface area contributed by atoms with Gasteiger partial charge in [-0.1, -0.05) is 23.5 Å². The molecule has 0 unspecified atom stereocenters. The summed E-state index contributed by atoms with van der Waals surface area (Å²) in [4.78, 5) is 23.4. The third-order valence-electron chi connectivity index (χ3n) is 2.41. The number of anilines is 1. The third-order valence-corrected chi connectivity index (χ3v) is 3.94. The summed E-state index contributed by atoms with van der Waals surface area (Å²) in [6.45, 7) is 2.06. The van der Waals surface area contributed by atoms with Crippen molar-refractivity contribution in [2.45, 2.75) is 13.3 Å². The van der Waals surface area contributed by atoms with Gasteiger partial charge in [-0.2, -0.15) is 0 Å². The fourth-order valence-corrected chi connectivity index (χ4v) is 2.71. The summed E-state index contributed by atoms with van der Waals surface area (Å²) in [6, 6.07) is 7.07. The van der Waals surface area contributed by atoms with Crippen molar-refractivity contribution in [1.82, 2.24) is 10.2 Å². The molecule has 0 aliphatic heterocycles. The first-order valence-electron chi connectivity index (χ1n) is 6.14. The third kappa shape index (κ3) is 4.33. The number of carbonyl (C=O) groups is 2. The molecule has 1 N–H and O–H groups in total. The first kappa shape index (κ1) is 15.6. The molecule has 0 atom stereocenters. The Morgan fingerprint density at radius 2 is 2.10 bits per heavy atom. The molecule has 0 spiro atoms. The van der Waals surface area contributed by atoms with Crippen LogP contribution in [0.2, 0.25) is 0 Å². The SMILES string of the molecule is CCOC(=O)Cc1nnc(NC(=O)c2ccccc2Br)s1. The second-order valence-electron chi connectivity index (χ2n) is 3.92. The van der Waals surface area contributed by atoms with Crippen LogP contribution in [0, 0.1) is 0 Å². The predicted octanol–water partition coefficient (Wildman–Crippen LogP) is 2.66. The van der Waals surface area contributed by atoms with E-state index < -0.39 is 0 Å². The molecule has 0 fully saturated rings.